The molecule has 1 aromatic carbocycles. The van der Waals surface area contributed by atoms with Gasteiger partial charge >= 0.3 is 0 Å². The van der Waals surface area contributed by atoms with Crippen molar-refractivity contribution < 1.29 is 4.79 Å². The van der Waals surface area contributed by atoms with E-state index in [2.05, 4.69) is 5.32 Å². The number of nitrogens with one attached hydrogen (secondary N) is 1. The van der Waals surface area contributed by atoms with Crippen molar-refractivity contribution in [1.29, 1.82) is 0 Å². The molecule has 0 atom stereocenters. The summed E-state index contributed by atoms with van der Waals surface area (Å²) in [6.07, 6.45) is 9.32. The average Bonchev–Trinajstić information content (AvgIpc) is 2.68. The van der Waals surface area contributed by atoms with Gasteiger partial charge in [0.25, 0.3) is 0 Å². The maximum Gasteiger partial charge on any atom is 0.247 e. The van der Waals surface area contributed by atoms with Gasteiger partial charge in [-0.3, -0.25) is 4.79 Å². The molecule has 1 fully saturated rings. The number of carbonyl (C=O) groups excluding carboxylic acids is 1. The number of hydrogen-bond acceptors (Lipinski definition) is 1. The highest BCUT2D eigenvalue weighted by Crippen LogP contribution is 2.17. The van der Waals surface area contributed by atoms with Crippen molar-refractivity contribution in [3.63, 3.8) is 0 Å². The summed E-state index contributed by atoms with van der Waals surface area (Å²) < 4.78 is 0. The molecule has 1 aliphatic rings. The van der Waals surface area contributed by atoms with E-state index in [1.807, 2.05) is 43.3 Å². The molecule has 0 heterocycles. The SMILES string of the molecule is CC(=Cc1ccccc1)C(=O)NC1CCCCCC1. The van der Waals surface area contributed by atoms with Crippen molar-refractivity contribution in [2.75, 3.05) is 0 Å². The lowest BCUT2D eigenvalue weighted by atomic mass is 10.1. The largest absolute Gasteiger partial charge is 0.350 e. The van der Waals surface area contributed by atoms with E-state index in [0.717, 1.165) is 24.0 Å². The van der Waals surface area contributed by atoms with Gasteiger partial charge in [0.05, 0.1) is 0 Å². The van der Waals surface area contributed by atoms with Crippen LogP contribution in [-0.2, 0) is 4.79 Å². The molecule has 0 aliphatic heterocycles. The van der Waals surface area contributed by atoms with Crippen LogP contribution in [0.5, 0.6) is 0 Å². The van der Waals surface area contributed by atoms with Crippen LogP contribution in [0.4, 0.5) is 0 Å². The molecule has 19 heavy (non-hydrogen) atoms. The standard InChI is InChI=1S/C17H23NO/c1-14(13-15-9-5-4-6-10-15)17(19)18-16-11-7-2-3-8-12-16/h4-6,9-10,13,16H,2-3,7-8,11-12H2,1H3,(H,18,19). The minimum absolute atomic E-state index is 0.0794. The predicted molar refractivity (Wildman–Crippen MR) is 79.7 cm³/mol. The zero-order valence-electron chi connectivity index (χ0n) is 11.7. The van der Waals surface area contributed by atoms with Crippen LogP contribution in [0.2, 0.25) is 0 Å². The Bertz CT molecular complexity index is 428. The topological polar surface area (TPSA) is 29.1 Å². The fourth-order valence-corrected chi connectivity index (χ4v) is 2.59. The smallest absolute Gasteiger partial charge is 0.247 e. The maximum absolute atomic E-state index is 12.1. The highest BCUT2D eigenvalue weighted by Gasteiger charge is 2.15. The van der Waals surface area contributed by atoms with E-state index in [1.54, 1.807) is 0 Å². The van der Waals surface area contributed by atoms with Crippen molar-refractivity contribution in [3.8, 4) is 0 Å². The van der Waals surface area contributed by atoms with Crippen molar-refractivity contribution in [1.82, 2.24) is 5.32 Å². The molecule has 1 N–H and O–H groups in total. The summed E-state index contributed by atoms with van der Waals surface area (Å²) in [5.41, 5.74) is 1.87. The summed E-state index contributed by atoms with van der Waals surface area (Å²) in [4.78, 5) is 12.1. The summed E-state index contributed by atoms with van der Waals surface area (Å²) in [6.45, 7) is 1.89. The molecular weight excluding hydrogens is 234 g/mol. The Labute approximate surface area is 115 Å². The second-order valence-electron chi connectivity index (χ2n) is 5.40. The van der Waals surface area contributed by atoms with Gasteiger partial charge in [-0.2, -0.15) is 0 Å². The normalized spacial score (nSPS) is 17.8. The Kier molecular flexibility index (Phi) is 5.20. The van der Waals surface area contributed by atoms with Gasteiger partial charge in [-0.05, 0) is 31.4 Å². The molecule has 0 unspecified atom stereocenters. The Balaban J connectivity index is 1.93. The van der Waals surface area contributed by atoms with Crippen molar-refractivity contribution in [2.24, 2.45) is 0 Å². The van der Waals surface area contributed by atoms with Gasteiger partial charge in [-0.1, -0.05) is 56.0 Å². The van der Waals surface area contributed by atoms with Crippen LogP contribution >= 0.6 is 0 Å². The molecule has 0 saturated heterocycles. The molecule has 1 amide bonds. The second-order valence-corrected chi connectivity index (χ2v) is 5.40. The zero-order chi connectivity index (χ0) is 13.5. The first-order valence-corrected chi connectivity index (χ1v) is 7.30. The molecule has 1 aromatic rings. The summed E-state index contributed by atoms with van der Waals surface area (Å²) in [5, 5.41) is 3.17. The van der Waals surface area contributed by atoms with E-state index in [0.29, 0.717) is 6.04 Å². The van der Waals surface area contributed by atoms with Crippen molar-refractivity contribution >= 4 is 12.0 Å². The van der Waals surface area contributed by atoms with Gasteiger partial charge in [-0.25, -0.2) is 0 Å². The Morgan fingerprint density at radius 3 is 2.37 bits per heavy atom. The lowest BCUT2D eigenvalue weighted by molar-refractivity contribution is -0.118. The first-order valence-electron chi connectivity index (χ1n) is 7.30. The fraction of sp³-hybridized carbons (Fsp3) is 0.471. The molecule has 2 rings (SSSR count). The number of benzene rings is 1. The van der Waals surface area contributed by atoms with Crippen LogP contribution in [-0.4, -0.2) is 11.9 Å². The first-order chi connectivity index (χ1) is 9.25. The van der Waals surface area contributed by atoms with Crippen LogP contribution in [0.3, 0.4) is 0 Å². The Hall–Kier alpha value is -1.57. The van der Waals surface area contributed by atoms with Crippen molar-refractivity contribution in [2.45, 2.75) is 51.5 Å². The van der Waals surface area contributed by atoms with E-state index in [4.69, 9.17) is 0 Å². The van der Waals surface area contributed by atoms with E-state index in [1.165, 1.54) is 25.7 Å². The van der Waals surface area contributed by atoms with Crippen LogP contribution in [0, 0.1) is 0 Å². The zero-order valence-corrected chi connectivity index (χ0v) is 11.7. The second kappa shape index (κ2) is 7.13. The van der Waals surface area contributed by atoms with Gasteiger partial charge in [0, 0.05) is 11.6 Å². The van der Waals surface area contributed by atoms with Crippen LogP contribution in [0.1, 0.15) is 51.0 Å². The maximum atomic E-state index is 12.1. The Morgan fingerprint density at radius 2 is 1.74 bits per heavy atom. The summed E-state index contributed by atoms with van der Waals surface area (Å²) in [5.74, 6) is 0.0794. The molecule has 0 radical (unpaired) electrons. The Morgan fingerprint density at radius 1 is 1.11 bits per heavy atom. The molecule has 2 heteroatoms. The lowest BCUT2D eigenvalue weighted by Crippen LogP contribution is -2.34. The van der Waals surface area contributed by atoms with E-state index >= 15 is 0 Å². The van der Waals surface area contributed by atoms with Crippen molar-refractivity contribution in [3.05, 3.63) is 41.5 Å². The fourth-order valence-electron chi connectivity index (χ4n) is 2.59. The highest BCUT2D eigenvalue weighted by atomic mass is 16.1. The summed E-state index contributed by atoms with van der Waals surface area (Å²) in [7, 11) is 0. The average molecular weight is 257 g/mol. The minimum atomic E-state index is 0.0794. The van der Waals surface area contributed by atoms with Gasteiger partial charge in [-0.15, -0.1) is 0 Å². The highest BCUT2D eigenvalue weighted by molar-refractivity contribution is 5.97. The third-order valence-corrected chi connectivity index (χ3v) is 3.73. The monoisotopic (exact) mass is 257 g/mol. The molecule has 2 nitrogen and oxygen atoms in total. The van der Waals surface area contributed by atoms with Crippen LogP contribution in [0.25, 0.3) is 6.08 Å². The molecule has 0 spiro atoms. The molecule has 0 bridgehead atoms. The first kappa shape index (κ1) is 13.9. The van der Waals surface area contributed by atoms with Gasteiger partial charge in [0.1, 0.15) is 0 Å². The van der Waals surface area contributed by atoms with E-state index in [9.17, 15) is 4.79 Å². The summed E-state index contributed by atoms with van der Waals surface area (Å²) >= 11 is 0. The molecule has 1 saturated carbocycles. The van der Waals surface area contributed by atoms with Gasteiger partial charge in [0.15, 0.2) is 0 Å². The third-order valence-electron chi connectivity index (χ3n) is 3.73. The van der Waals surface area contributed by atoms with Gasteiger partial charge < -0.3 is 5.32 Å². The number of rotatable bonds is 3. The lowest BCUT2D eigenvalue weighted by Gasteiger charge is -2.16. The molecular formula is C17H23NO. The molecule has 102 valence electrons. The molecule has 1 aliphatic carbocycles. The number of amides is 1. The predicted octanol–water partition coefficient (Wildman–Crippen LogP) is 3.93. The quantitative estimate of drug-likeness (QED) is 0.645. The number of hydrogen-bond donors (Lipinski definition) is 1. The van der Waals surface area contributed by atoms with Gasteiger partial charge in [0.2, 0.25) is 5.91 Å². The van der Waals surface area contributed by atoms with E-state index < -0.39 is 0 Å². The summed E-state index contributed by atoms with van der Waals surface area (Å²) in [6, 6.07) is 10.4. The van der Waals surface area contributed by atoms with E-state index in [-0.39, 0.29) is 5.91 Å². The number of carbonyl (C=O) groups is 1. The van der Waals surface area contributed by atoms with Crippen LogP contribution in [0.15, 0.2) is 35.9 Å². The third kappa shape index (κ3) is 4.55. The molecule has 0 aromatic heterocycles. The minimum Gasteiger partial charge on any atom is -0.350 e. The van der Waals surface area contributed by atoms with Crippen LogP contribution < -0.4 is 5.32 Å².